The monoisotopic (exact) mass is 335 g/mol. The van der Waals surface area contributed by atoms with Crippen molar-refractivity contribution >= 4 is 5.91 Å². The molecule has 1 aromatic heterocycles. The molecule has 1 aliphatic rings. The summed E-state index contributed by atoms with van der Waals surface area (Å²) in [6.07, 6.45) is 0. The number of rotatable bonds is 3. The number of carbonyl (C=O) groups is 1. The summed E-state index contributed by atoms with van der Waals surface area (Å²) in [7, 11) is 0. The van der Waals surface area contributed by atoms with Crippen molar-refractivity contribution in [2.45, 2.75) is 25.9 Å². The topological polar surface area (TPSA) is 49.0 Å². The van der Waals surface area contributed by atoms with E-state index in [1.165, 1.54) is 12.1 Å². The van der Waals surface area contributed by atoms with Crippen LogP contribution >= 0.6 is 0 Å². The second-order valence-corrected chi connectivity index (χ2v) is 6.49. The molecule has 1 aliphatic heterocycles. The third kappa shape index (κ3) is 2.43. The van der Waals surface area contributed by atoms with Crippen molar-refractivity contribution in [2.24, 2.45) is 0 Å². The number of aromatic amines is 1. The summed E-state index contributed by atoms with van der Waals surface area (Å²) in [5, 5.41) is 7.31. The largest absolute Gasteiger partial charge is 0.324 e. The van der Waals surface area contributed by atoms with Crippen molar-refractivity contribution in [3.8, 4) is 11.3 Å². The van der Waals surface area contributed by atoms with E-state index >= 15 is 0 Å². The number of hydrogen-bond acceptors (Lipinski definition) is 2. The standard InChI is InChI=1S/C20H18FN3O/c1-12(2)24-19(14-8-10-15(21)11-9-14)16-17(13-6-4-3-5-7-13)22-23-18(16)20(24)25/h3-12,19H,1-2H3,(H,22,23). The quantitative estimate of drug-likeness (QED) is 0.781. The highest BCUT2D eigenvalue weighted by molar-refractivity contribution is 6.00. The van der Waals surface area contributed by atoms with Crippen LogP contribution in [0.1, 0.15) is 41.5 Å². The smallest absolute Gasteiger partial charge is 0.273 e. The van der Waals surface area contributed by atoms with Crippen molar-refractivity contribution in [1.82, 2.24) is 15.1 Å². The van der Waals surface area contributed by atoms with Gasteiger partial charge in [-0.2, -0.15) is 5.10 Å². The fraction of sp³-hybridized carbons (Fsp3) is 0.200. The summed E-state index contributed by atoms with van der Waals surface area (Å²) >= 11 is 0. The van der Waals surface area contributed by atoms with Gasteiger partial charge in [-0.25, -0.2) is 4.39 Å². The Morgan fingerprint density at radius 3 is 2.40 bits per heavy atom. The van der Waals surface area contributed by atoms with E-state index in [9.17, 15) is 9.18 Å². The molecule has 5 heteroatoms. The molecule has 0 fully saturated rings. The Kier molecular flexibility index (Phi) is 3.64. The van der Waals surface area contributed by atoms with Gasteiger partial charge in [0, 0.05) is 17.2 Å². The second-order valence-electron chi connectivity index (χ2n) is 6.49. The zero-order valence-corrected chi connectivity index (χ0v) is 14.0. The Balaban J connectivity index is 1.92. The van der Waals surface area contributed by atoms with Gasteiger partial charge in [0.15, 0.2) is 0 Å². The summed E-state index contributed by atoms with van der Waals surface area (Å²) in [4.78, 5) is 14.7. The summed E-state index contributed by atoms with van der Waals surface area (Å²) < 4.78 is 13.4. The summed E-state index contributed by atoms with van der Waals surface area (Å²) in [5.74, 6) is -0.367. The lowest BCUT2D eigenvalue weighted by Gasteiger charge is -2.29. The van der Waals surface area contributed by atoms with Crippen LogP contribution in [0.3, 0.4) is 0 Å². The lowest BCUT2D eigenvalue weighted by atomic mass is 9.95. The number of H-pyrrole nitrogens is 1. The van der Waals surface area contributed by atoms with Crippen molar-refractivity contribution in [1.29, 1.82) is 0 Å². The molecule has 3 aromatic rings. The molecular weight excluding hydrogens is 317 g/mol. The van der Waals surface area contributed by atoms with Crippen molar-refractivity contribution < 1.29 is 9.18 Å². The van der Waals surface area contributed by atoms with Gasteiger partial charge in [0.2, 0.25) is 0 Å². The lowest BCUT2D eigenvalue weighted by molar-refractivity contribution is 0.0688. The Bertz CT molecular complexity index is 916. The molecule has 1 unspecified atom stereocenters. The molecule has 126 valence electrons. The average Bonchev–Trinajstić information content (AvgIpc) is 3.16. The first-order valence-electron chi connectivity index (χ1n) is 8.29. The molecular formula is C20H18FN3O. The first-order valence-corrected chi connectivity index (χ1v) is 8.29. The van der Waals surface area contributed by atoms with E-state index in [1.54, 1.807) is 12.1 Å². The molecule has 0 saturated heterocycles. The fourth-order valence-electron chi connectivity index (χ4n) is 3.49. The van der Waals surface area contributed by atoms with Crippen LogP contribution in [0.5, 0.6) is 0 Å². The zero-order chi connectivity index (χ0) is 17.6. The van der Waals surface area contributed by atoms with Gasteiger partial charge in [-0.1, -0.05) is 42.5 Å². The molecule has 0 radical (unpaired) electrons. The van der Waals surface area contributed by atoms with E-state index in [0.717, 1.165) is 22.4 Å². The second kappa shape index (κ2) is 5.84. The number of carbonyl (C=O) groups excluding carboxylic acids is 1. The Morgan fingerprint density at radius 2 is 1.76 bits per heavy atom. The molecule has 1 amide bonds. The molecule has 2 heterocycles. The number of benzene rings is 2. The van der Waals surface area contributed by atoms with Crippen LogP contribution in [-0.4, -0.2) is 27.0 Å². The van der Waals surface area contributed by atoms with Gasteiger partial charge in [0.1, 0.15) is 11.5 Å². The number of amides is 1. The predicted octanol–water partition coefficient (Wildman–Crippen LogP) is 4.17. The van der Waals surface area contributed by atoms with E-state index < -0.39 is 0 Å². The number of hydrogen-bond donors (Lipinski definition) is 1. The van der Waals surface area contributed by atoms with Gasteiger partial charge >= 0.3 is 0 Å². The van der Waals surface area contributed by atoms with E-state index in [4.69, 9.17) is 0 Å². The van der Waals surface area contributed by atoms with E-state index in [-0.39, 0.29) is 23.8 Å². The van der Waals surface area contributed by atoms with E-state index in [2.05, 4.69) is 10.2 Å². The highest BCUT2D eigenvalue weighted by Gasteiger charge is 2.43. The van der Waals surface area contributed by atoms with Crippen LogP contribution in [0.4, 0.5) is 4.39 Å². The van der Waals surface area contributed by atoms with Gasteiger partial charge in [0.25, 0.3) is 5.91 Å². The van der Waals surface area contributed by atoms with Gasteiger partial charge < -0.3 is 4.90 Å². The maximum Gasteiger partial charge on any atom is 0.273 e. The molecule has 0 spiro atoms. The molecule has 4 nitrogen and oxygen atoms in total. The first-order chi connectivity index (χ1) is 12.1. The summed E-state index contributed by atoms with van der Waals surface area (Å²) in [5.41, 5.74) is 3.96. The molecule has 4 rings (SSSR count). The van der Waals surface area contributed by atoms with Crippen LogP contribution in [-0.2, 0) is 0 Å². The van der Waals surface area contributed by atoms with Crippen LogP contribution < -0.4 is 0 Å². The van der Waals surface area contributed by atoms with Crippen molar-refractivity contribution in [3.63, 3.8) is 0 Å². The molecule has 0 aliphatic carbocycles. The van der Waals surface area contributed by atoms with Crippen molar-refractivity contribution in [3.05, 3.63) is 77.2 Å². The Hall–Kier alpha value is -2.95. The van der Waals surface area contributed by atoms with Crippen LogP contribution in [0.2, 0.25) is 0 Å². The van der Waals surface area contributed by atoms with Gasteiger partial charge in [-0.3, -0.25) is 9.89 Å². The maximum atomic E-state index is 13.4. The summed E-state index contributed by atoms with van der Waals surface area (Å²) in [6.45, 7) is 3.96. The lowest BCUT2D eigenvalue weighted by Crippen LogP contribution is -2.35. The highest BCUT2D eigenvalue weighted by Crippen LogP contribution is 2.43. The molecule has 1 atom stereocenters. The van der Waals surface area contributed by atoms with Gasteiger partial charge in [-0.15, -0.1) is 0 Å². The van der Waals surface area contributed by atoms with E-state index in [1.807, 2.05) is 49.1 Å². The third-order valence-corrected chi connectivity index (χ3v) is 4.59. The molecule has 25 heavy (non-hydrogen) atoms. The minimum Gasteiger partial charge on any atom is -0.324 e. The van der Waals surface area contributed by atoms with Crippen LogP contribution in [0.15, 0.2) is 54.6 Å². The highest BCUT2D eigenvalue weighted by atomic mass is 19.1. The number of fused-ring (bicyclic) bond motifs is 1. The third-order valence-electron chi connectivity index (χ3n) is 4.59. The SMILES string of the molecule is CC(C)N1C(=O)c2[nH]nc(-c3ccccc3)c2C1c1ccc(F)cc1. The van der Waals surface area contributed by atoms with Crippen molar-refractivity contribution in [2.75, 3.05) is 0 Å². The molecule has 0 saturated carbocycles. The van der Waals surface area contributed by atoms with Gasteiger partial charge in [0.05, 0.1) is 11.7 Å². The molecule has 1 N–H and O–H groups in total. The van der Waals surface area contributed by atoms with Crippen LogP contribution in [0, 0.1) is 5.82 Å². The van der Waals surface area contributed by atoms with E-state index in [0.29, 0.717) is 5.69 Å². The van der Waals surface area contributed by atoms with Gasteiger partial charge in [-0.05, 0) is 31.5 Å². The zero-order valence-electron chi connectivity index (χ0n) is 14.0. The number of halogens is 1. The summed E-state index contributed by atoms with van der Waals surface area (Å²) in [6, 6.07) is 15.8. The minimum atomic E-state index is -0.292. The first kappa shape index (κ1) is 15.6. The number of aromatic nitrogens is 2. The maximum absolute atomic E-state index is 13.4. The minimum absolute atomic E-state index is 0.00646. The molecule has 0 bridgehead atoms. The Labute approximate surface area is 145 Å². The number of nitrogens with zero attached hydrogens (tertiary/aromatic N) is 2. The fourth-order valence-corrected chi connectivity index (χ4v) is 3.49. The number of nitrogens with one attached hydrogen (secondary N) is 1. The normalized spacial score (nSPS) is 16.6. The Morgan fingerprint density at radius 1 is 1.08 bits per heavy atom. The van der Waals surface area contributed by atoms with Crippen LogP contribution in [0.25, 0.3) is 11.3 Å². The average molecular weight is 335 g/mol. The molecule has 2 aromatic carbocycles. The predicted molar refractivity (Wildman–Crippen MR) is 93.6 cm³/mol.